The number of benzene rings is 8. The molecule has 0 amide bonds. The van der Waals surface area contributed by atoms with Crippen LogP contribution < -0.4 is 0 Å². The molecule has 0 fully saturated rings. The van der Waals surface area contributed by atoms with Crippen molar-refractivity contribution in [2.24, 2.45) is 0 Å². The summed E-state index contributed by atoms with van der Waals surface area (Å²) < 4.78 is 6.34. The number of furan rings is 1. The van der Waals surface area contributed by atoms with E-state index in [0.717, 1.165) is 51.7 Å². The van der Waals surface area contributed by atoms with Crippen molar-refractivity contribution in [1.29, 1.82) is 0 Å². The van der Waals surface area contributed by atoms with E-state index in [1.807, 2.05) is 30.3 Å². The van der Waals surface area contributed by atoms with Gasteiger partial charge < -0.3 is 4.42 Å². The first-order valence-electron chi connectivity index (χ1n) is 20.5. The highest BCUT2D eigenvalue weighted by atomic mass is 16.3. The Morgan fingerprint density at radius 3 is 1.83 bits per heavy atom. The van der Waals surface area contributed by atoms with Gasteiger partial charge in [-0.25, -0.2) is 15.0 Å². The summed E-state index contributed by atoms with van der Waals surface area (Å²) in [5.41, 5.74) is 19.1. The lowest BCUT2D eigenvalue weighted by molar-refractivity contribution is 0.668. The van der Waals surface area contributed by atoms with Crippen LogP contribution in [-0.4, -0.2) is 15.0 Å². The number of aryl methyl sites for hydroxylation is 1. The Bertz CT molecular complexity index is 3320. The summed E-state index contributed by atoms with van der Waals surface area (Å²) in [5.74, 6) is 2.04. The molecule has 0 N–H and O–H groups in total. The molecule has 4 nitrogen and oxygen atoms in total. The van der Waals surface area contributed by atoms with Crippen molar-refractivity contribution >= 4 is 21.9 Å². The number of para-hydroxylation sites is 1. The number of nitrogens with zero attached hydrogens (tertiary/aromatic N) is 3. The van der Waals surface area contributed by atoms with Crippen LogP contribution in [0.2, 0.25) is 0 Å². The van der Waals surface area contributed by atoms with Crippen LogP contribution in [0.25, 0.3) is 78.1 Å². The van der Waals surface area contributed by atoms with Crippen LogP contribution in [0.3, 0.4) is 0 Å². The Morgan fingerprint density at radius 2 is 1.05 bits per heavy atom. The summed E-state index contributed by atoms with van der Waals surface area (Å²) in [6, 6.07) is 65.9. The van der Waals surface area contributed by atoms with Crippen LogP contribution >= 0.6 is 0 Å². The quantitative estimate of drug-likeness (QED) is 0.180. The van der Waals surface area contributed by atoms with E-state index in [1.54, 1.807) is 0 Å². The van der Waals surface area contributed by atoms with E-state index < -0.39 is 5.41 Å². The average molecular weight is 754 g/mol. The lowest BCUT2D eigenvalue weighted by atomic mass is 9.70. The van der Waals surface area contributed by atoms with Gasteiger partial charge in [0.15, 0.2) is 11.6 Å². The van der Waals surface area contributed by atoms with Crippen LogP contribution in [0.1, 0.15) is 51.5 Å². The van der Waals surface area contributed by atoms with Crippen LogP contribution in [0.4, 0.5) is 0 Å². The number of fused-ring (bicyclic) bond motifs is 17. The maximum absolute atomic E-state index is 6.34. The van der Waals surface area contributed by atoms with Gasteiger partial charge in [-0.1, -0.05) is 164 Å². The van der Waals surface area contributed by atoms with Crippen molar-refractivity contribution < 1.29 is 4.42 Å². The van der Waals surface area contributed by atoms with Gasteiger partial charge in [0.1, 0.15) is 17.0 Å². The van der Waals surface area contributed by atoms with E-state index >= 15 is 0 Å². The fourth-order valence-electron chi connectivity index (χ4n) is 10.8. The highest BCUT2D eigenvalue weighted by Crippen LogP contribution is 2.64. The zero-order valence-corrected chi connectivity index (χ0v) is 32.1. The highest BCUT2D eigenvalue weighted by molar-refractivity contribution is 6.06. The highest BCUT2D eigenvalue weighted by Gasteiger charge is 2.52. The SMILES string of the molecule is c1ccc(-c2nc(-c3ccc4c(c3)oc3ccccc34)nc(C3CCc4ccc5c(c4-c4ccccc43)-c3ccccc3C53c4ccccc4-c4ccccc43)n2)cc1. The van der Waals surface area contributed by atoms with Crippen molar-refractivity contribution in [3.05, 3.63) is 221 Å². The second-order valence-electron chi connectivity index (χ2n) is 16.1. The molecule has 3 aliphatic carbocycles. The Kier molecular flexibility index (Phi) is 6.80. The summed E-state index contributed by atoms with van der Waals surface area (Å²) in [5, 5.41) is 2.18. The van der Waals surface area contributed by atoms with Gasteiger partial charge in [0.2, 0.25) is 0 Å². The molecule has 0 aliphatic heterocycles. The van der Waals surface area contributed by atoms with Crippen molar-refractivity contribution in [3.63, 3.8) is 0 Å². The van der Waals surface area contributed by atoms with E-state index in [2.05, 4.69) is 152 Å². The van der Waals surface area contributed by atoms with Crippen LogP contribution in [0.15, 0.2) is 186 Å². The van der Waals surface area contributed by atoms with Crippen LogP contribution in [0.5, 0.6) is 0 Å². The van der Waals surface area contributed by atoms with Crippen molar-refractivity contribution in [3.8, 4) is 56.2 Å². The van der Waals surface area contributed by atoms with Crippen molar-refractivity contribution in [1.82, 2.24) is 15.0 Å². The molecule has 13 rings (SSSR count). The molecule has 0 radical (unpaired) electrons. The van der Waals surface area contributed by atoms with Gasteiger partial charge in [-0.3, -0.25) is 0 Å². The predicted octanol–water partition coefficient (Wildman–Crippen LogP) is 13.2. The first-order valence-corrected chi connectivity index (χ1v) is 20.5. The van der Waals surface area contributed by atoms with Crippen molar-refractivity contribution in [2.45, 2.75) is 24.2 Å². The minimum Gasteiger partial charge on any atom is -0.456 e. The second kappa shape index (κ2) is 12.3. The number of rotatable bonds is 3. The van der Waals surface area contributed by atoms with Gasteiger partial charge >= 0.3 is 0 Å². The van der Waals surface area contributed by atoms with Crippen molar-refractivity contribution in [2.75, 3.05) is 0 Å². The molecule has 0 saturated heterocycles. The maximum Gasteiger partial charge on any atom is 0.163 e. The molecule has 10 aromatic rings. The molecular formula is C55H35N3O. The Morgan fingerprint density at radius 1 is 0.441 bits per heavy atom. The first kappa shape index (κ1) is 32.6. The molecule has 0 bridgehead atoms. The lowest BCUT2D eigenvalue weighted by Crippen LogP contribution is -2.25. The predicted molar refractivity (Wildman–Crippen MR) is 236 cm³/mol. The lowest BCUT2D eigenvalue weighted by Gasteiger charge is -2.30. The molecule has 1 unspecified atom stereocenters. The average Bonchev–Trinajstić information content (AvgIpc) is 3.88. The molecule has 59 heavy (non-hydrogen) atoms. The third-order valence-electron chi connectivity index (χ3n) is 13.2. The zero-order valence-electron chi connectivity index (χ0n) is 32.1. The van der Waals surface area contributed by atoms with Gasteiger partial charge in [0.25, 0.3) is 0 Å². The number of hydrogen-bond donors (Lipinski definition) is 0. The number of hydrogen-bond acceptors (Lipinski definition) is 4. The van der Waals surface area contributed by atoms with Gasteiger partial charge in [0.05, 0.1) is 5.41 Å². The molecule has 1 atom stereocenters. The standard InChI is InChI=1S/C55H35N3O/c1-2-14-34(15-3-1)52-56-53(35-27-29-40-39-19-9-13-25-48(39)59-49(40)32-35)58-54(57-52)42-30-26-33-28-31-47-51(50(33)41-20-5-4-16-36(41)42)43-21-8-12-24-46(43)55(47)44-22-10-6-17-37(44)38-18-7-11-23-45(38)55/h1-25,27-29,31-32,42H,26,30H2. The molecule has 3 aliphatic rings. The molecule has 2 aromatic heterocycles. The fraction of sp³-hybridized carbons (Fsp3) is 0.0727. The van der Waals surface area contributed by atoms with Gasteiger partial charge in [-0.15, -0.1) is 0 Å². The second-order valence-corrected chi connectivity index (χ2v) is 16.1. The molecule has 8 aromatic carbocycles. The Labute approximate surface area is 341 Å². The zero-order chi connectivity index (χ0) is 38.7. The summed E-state index contributed by atoms with van der Waals surface area (Å²) in [7, 11) is 0. The Balaban J connectivity index is 1.02. The summed E-state index contributed by atoms with van der Waals surface area (Å²) in [6.45, 7) is 0. The van der Waals surface area contributed by atoms with E-state index in [1.165, 1.54) is 66.8 Å². The van der Waals surface area contributed by atoms with E-state index in [-0.39, 0.29) is 5.92 Å². The molecule has 276 valence electrons. The third kappa shape index (κ3) is 4.51. The van der Waals surface area contributed by atoms with E-state index in [9.17, 15) is 0 Å². The molecule has 0 saturated carbocycles. The van der Waals surface area contributed by atoms with E-state index in [4.69, 9.17) is 19.4 Å². The third-order valence-corrected chi connectivity index (χ3v) is 13.2. The molecular weight excluding hydrogens is 719 g/mol. The topological polar surface area (TPSA) is 51.8 Å². The monoisotopic (exact) mass is 753 g/mol. The van der Waals surface area contributed by atoms with Gasteiger partial charge in [-0.05, 0) is 97.8 Å². The normalized spacial score (nSPS) is 15.3. The summed E-state index contributed by atoms with van der Waals surface area (Å²) >= 11 is 0. The number of aromatic nitrogens is 3. The van der Waals surface area contributed by atoms with Crippen LogP contribution in [0, 0.1) is 0 Å². The van der Waals surface area contributed by atoms with Gasteiger partial charge in [0, 0.05) is 27.8 Å². The Hall–Kier alpha value is -7.43. The molecule has 1 spiro atoms. The summed E-state index contributed by atoms with van der Waals surface area (Å²) in [6.07, 6.45) is 1.75. The minimum absolute atomic E-state index is 0.0630. The molecule has 2 heterocycles. The first-order chi connectivity index (χ1) is 29.3. The minimum atomic E-state index is -0.399. The largest absolute Gasteiger partial charge is 0.456 e. The maximum atomic E-state index is 6.34. The summed E-state index contributed by atoms with van der Waals surface area (Å²) in [4.78, 5) is 15.8. The molecule has 4 heteroatoms. The van der Waals surface area contributed by atoms with E-state index in [0.29, 0.717) is 11.6 Å². The fourth-order valence-corrected chi connectivity index (χ4v) is 10.8. The van der Waals surface area contributed by atoms with Gasteiger partial charge in [-0.2, -0.15) is 0 Å². The van der Waals surface area contributed by atoms with Crippen LogP contribution in [-0.2, 0) is 11.8 Å². The smallest absolute Gasteiger partial charge is 0.163 e.